The number of nitrogens with one attached hydrogen (secondary N) is 1. The van der Waals surface area contributed by atoms with Crippen molar-refractivity contribution >= 4 is 23.7 Å². The molecule has 136 valence electrons. The average Bonchev–Trinajstić information content (AvgIpc) is 3.23. The Morgan fingerprint density at radius 2 is 1.71 bits per heavy atom. The van der Waals surface area contributed by atoms with Crippen LogP contribution in [0.4, 0.5) is 5.69 Å². The maximum atomic E-state index is 12.2. The third kappa shape index (κ3) is 4.19. The zero-order valence-corrected chi connectivity index (χ0v) is 14.8. The SMILES string of the molecule is O=C(Nc1ccc(-c2nnc(/C=C/c3ccccc3)o2)cc1)c1cccnc1. The highest BCUT2D eigenvalue weighted by Crippen LogP contribution is 2.21. The summed E-state index contributed by atoms with van der Waals surface area (Å²) in [6.07, 6.45) is 6.83. The van der Waals surface area contributed by atoms with Gasteiger partial charge in [0.15, 0.2) is 0 Å². The fourth-order valence-electron chi connectivity index (χ4n) is 2.55. The van der Waals surface area contributed by atoms with Crippen molar-refractivity contribution in [3.63, 3.8) is 0 Å². The van der Waals surface area contributed by atoms with Crippen LogP contribution in [0.3, 0.4) is 0 Å². The molecule has 0 unspecified atom stereocenters. The Bertz CT molecular complexity index is 1090. The largest absolute Gasteiger partial charge is 0.417 e. The van der Waals surface area contributed by atoms with E-state index < -0.39 is 0 Å². The maximum absolute atomic E-state index is 12.2. The average molecular weight is 368 g/mol. The number of carbonyl (C=O) groups is 1. The molecule has 0 saturated carbocycles. The van der Waals surface area contributed by atoms with Crippen molar-refractivity contribution in [3.05, 3.63) is 96.1 Å². The molecule has 0 aliphatic carbocycles. The predicted molar refractivity (Wildman–Crippen MR) is 107 cm³/mol. The summed E-state index contributed by atoms with van der Waals surface area (Å²) >= 11 is 0. The van der Waals surface area contributed by atoms with E-state index in [0.717, 1.165) is 11.1 Å². The van der Waals surface area contributed by atoms with Crippen molar-refractivity contribution in [3.8, 4) is 11.5 Å². The number of hydrogen-bond donors (Lipinski definition) is 1. The van der Waals surface area contributed by atoms with E-state index in [-0.39, 0.29) is 5.91 Å². The molecule has 0 radical (unpaired) electrons. The Hall–Kier alpha value is -4.06. The minimum atomic E-state index is -0.216. The van der Waals surface area contributed by atoms with Crippen LogP contribution in [0, 0.1) is 0 Å². The van der Waals surface area contributed by atoms with Crippen LogP contribution in [0.25, 0.3) is 23.6 Å². The lowest BCUT2D eigenvalue weighted by molar-refractivity contribution is 0.102. The van der Waals surface area contributed by atoms with Gasteiger partial charge in [-0.3, -0.25) is 9.78 Å². The summed E-state index contributed by atoms with van der Waals surface area (Å²) in [7, 11) is 0. The summed E-state index contributed by atoms with van der Waals surface area (Å²) in [6, 6.07) is 20.5. The molecule has 2 aromatic carbocycles. The maximum Gasteiger partial charge on any atom is 0.257 e. The molecule has 28 heavy (non-hydrogen) atoms. The predicted octanol–water partition coefficient (Wildman–Crippen LogP) is 4.55. The molecule has 0 bridgehead atoms. The molecular weight excluding hydrogens is 352 g/mol. The molecule has 2 aromatic heterocycles. The zero-order valence-electron chi connectivity index (χ0n) is 14.8. The second-order valence-corrected chi connectivity index (χ2v) is 5.96. The molecule has 0 fully saturated rings. The van der Waals surface area contributed by atoms with Gasteiger partial charge < -0.3 is 9.73 Å². The summed E-state index contributed by atoms with van der Waals surface area (Å²) in [5.41, 5.74) is 2.99. The Balaban J connectivity index is 1.44. The van der Waals surface area contributed by atoms with E-state index in [2.05, 4.69) is 20.5 Å². The van der Waals surface area contributed by atoms with Gasteiger partial charge >= 0.3 is 0 Å². The van der Waals surface area contributed by atoms with Gasteiger partial charge in [0.05, 0.1) is 5.56 Å². The topological polar surface area (TPSA) is 80.9 Å². The van der Waals surface area contributed by atoms with E-state index in [1.165, 1.54) is 6.20 Å². The van der Waals surface area contributed by atoms with Gasteiger partial charge in [-0.2, -0.15) is 0 Å². The van der Waals surface area contributed by atoms with Crippen LogP contribution < -0.4 is 5.32 Å². The fourth-order valence-corrected chi connectivity index (χ4v) is 2.55. The van der Waals surface area contributed by atoms with Crippen LogP contribution in [0.2, 0.25) is 0 Å². The summed E-state index contributed by atoms with van der Waals surface area (Å²) in [4.78, 5) is 16.1. The molecule has 6 heteroatoms. The third-order valence-electron chi connectivity index (χ3n) is 3.97. The normalized spacial score (nSPS) is 10.9. The van der Waals surface area contributed by atoms with Gasteiger partial charge in [-0.15, -0.1) is 10.2 Å². The molecule has 0 aliphatic rings. The van der Waals surface area contributed by atoms with Gasteiger partial charge in [0, 0.05) is 29.7 Å². The molecule has 2 heterocycles. The minimum Gasteiger partial charge on any atom is -0.417 e. The number of pyridine rings is 1. The second kappa shape index (κ2) is 8.09. The molecule has 4 rings (SSSR count). The van der Waals surface area contributed by atoms with Crippen LogP contribution in [-0.4, -0.2) is 21.1 Å². The van der Waals surface area contributed by atoms with Gasteiger partial charge in [0.2, 0.25) is 11.8 Å². The first kappa shape index (κ1) is 17.4. The number of benzene rings is 2. The highest BCUT2D eigenvalue weighted by atomic mass is 16.4. The standard InChI is InChI=1S/C22H16N4O2/c27-21(18-7-4-14-23-15-18)24-19-11-9-17(10-12-19)22-26-25-20(28-22)13-8-16-5-2-1-3-6-16/h1-15H,(H,24,27)/b13-8+. The lowest BCUT2D eigenvalue weighted by atomic mass is 10.2. The van der Waals surface area contributed by atoms with E-state index in [9.17, 15) is 4.79 Å². The van der Waals surface area contributed by atoms with Crippen molar-refractivity contribution in [2.75, 3.05) is 5.32 Å². The van der Waals surface area contributed by atoms with Crippen LogP contribution in [0.15, 0.2) is 83.5 Å². The quantitative estimate of drug-likeness (QED) is 0.559. The Labute approximate surface area is 161 Å². The number of hydrogen-bond acceptors (Lipinski definition) is 5. The van der Waals surface area contributed by atoms with Crippen molar-refractivity contribution in [1.82, 2.24) is 15.2 Å². The van der Waals surface area contributed by atoms with Crippen molar-refractivity contribution < 1.29 is 9.21 Å². The van der Waals surface area contributed by atoms with Crippen molar-refractivity contribution in [2.24, 2.45) is 0 Å². The molecule has 1 amide bonds. The van der Waals surface area contributed by atoms with E-state index in [4.69, 9.17) is 4.42 Å². The van der Waals surface area contributed by atoms with Gasteiger partial charge in [-0.1, -0.05) is 30.3 Å². The van der Waals surface area contributed by atoms with E-state index in [0.29, 0.717) is 23.0 Å². The first-order chi connectivity index (χ1) is 13.8. The monoisotopic (exact) mass is 368 g/mol. The number of rotatable bonds is 5. The minimum absolute atomic E-state index is 0.216. The number of aromatic nitrogens is 3. The molecule has 0 aliphatic heterocycles. The van der Waals surface area contributed by atoms with Crippen LogP contribution in [-0.2, 0) is 0 Å². The van der Waals surface area contributed by atoms with Gasteiger partial charge in [0.1, 0.15) is 0 Å². The van der Waals surface area contributed by atoms with E-state index in [1.807, 2.05) is 48.5 Å². The summed E-state index contributed by atoms with van der Waals surface area (Å²) in [6.45, 7) is 0. The summed E-state index contributed by atoms with van der Waals surface area (Å²) in [5, 5.41) is 10.9. The van der Waals surface area contributed by atoms with Crippen molar-refractivity contribution in [1.29, 1.82) is 0 Å². The van der Waals surface area contributed by atoms with Crippen LogP contribution >= 0.6 is 0 Å². The van der Waals surface area contributed by atoms with Gasteiger partial charge in [0.25, 0.3) is 5.91 Å². The first-order valence-corrected chi connectivity index (χ1v) is 8.66. The lowest BCUT2D eigenvalue weighted by Gasteiger charge is -2.05. The summed E-state index contributed by atoms with van der Waals surface area (Å²) < 4.78 is 5.68. The third-order valence-corrected chi connectivity index (χ3v) is 3.97. The number of anilines is 1. The molecular formula is C22H16N4O2. The van der Waals surface area contributed by atoms with Crippen LogP contribution in [0.5, 0.6) is 0 Å². The molecule has 1 N–H and O–H groups in total. The molecule has 0 atom stereocenters. The van der Waals surface area contributed by atoms with Crippen molar-refractivity contribution in [2.45, 2.75) is 0 Å². The Morgan fingerprint density at radius 1 is 0.893 bits per heavy atom. The summed E-state index contributed by atoms with van der Waals surface area (Å²) in [5.74, 6) is 0.623. The smallest absolute Gasteiger partial charge is 0.257 e. The molecule has 6 nitrogen and oxygen atoms in total. The molecule has 0 spiro atoms. The molecule has 0 saturated heterocycles. The zero-order chi connectivity index (χ0) is 19.2. The second-order valence-electron chi connectivity index (χ2n) is 5.96. The Morgan fingerprint density at radius 3 is 2.46 bits per heavy atom. The number of nitrogens with zero attached hydrogens (tertiary/aromatic N) is 3. The van der Waals surface area contributed by atoms with Gasteiger partial charge in [-0.05, 0) is 48.0 Å². The lowest BCUT2D eigenvalue weighted by Crippen LogP contribution is -2.11. The highest BCUT2D eigenvalue weighted by molar-refractivity contribution is 6.04. The van der Waals surface area contributed by atoms with E-state index >= 15 is 0 Å². The van der Waals surface area contributed by atoms with Crippen LogP contribution in [0.1, 0.15) is 21.8 Å². The Kier molecular flexibility index (Phi) is 5.02. The van der Waals surface area contributed by atoms with Gasteiger partial charge in [-0.25, -0.2) is 0 Å². The van der Waals surface area contributed by atoms with E-state index in [1.54, 1.807) is 36.5 Å². The number of amides is 1. The highest BCUT2D eigenvalue weighted by Gasteiger charge is 2.09. The molecule has 4 aromatic rings. The number of carbonyl (C=O) groups excluding carboxylic acids is 1. The fraction of sp³-hybridized carbons (Fsp3) is 0. The first-order valence-electron chi connectivity index (χ1n) is 8.66.